The van der Waals surface area contributed by atoms with E-state index in [-0.39, 0.29) is 24.4 Å². The second-order valence-electron chi connectivity index (χ2n) is 6.97. The number of aromatic amines is 2. The van der Waals surface area contributed by atoms with Gasteiger partial charge in [-0.15, -0.1) is 0 Å². The Balaban J connectivity index is 1.63. The molecule has 0 aliphatic carbocycles. The van der Waals surface area contributed by atoms with Crippen LogP contribution in [0, 0.1) is 5.92 Å². The first kappa shape index (κ1) is 18.6. The van der Waals surface area contributed by atoms with Gasteiger partial charge >= 0.3 is 5.69 Å². The van der Waals surface area contributed by atoms with Gasteiger partial charge in [0.15, 0.2) is 0 Å². The summed E-state index contributed by atoms with van der Waals surface area (Å²) in [5.41, 5.74) is 0.732. The van der Waals surface area contributed by atoms with Gasteiger partial charge in [0.05, 0.1) is 0 Å². The molecule has 3 aromatic rings. The topological polar surface area (TPSA) is 113 Å². The third-order valence-electron chi connectivity index (χ3n) is 4.37. The predicted molar refractivity (Wildman–Crippen MR) is 104 cm³/mol. The molecule has 142 valence electrons. The van der Waals surface area contributed by atoms with Crippen molar-refractivity contribution in [2.24, 2.45) is 5.92 Å². The van der Waals surface area contributed by atoms with Crippen molar-refractivity contribution in [3.05, 3.63) is 57.0 Å². The molecule has 0 aliphatic rings. The first-order valence-electron chi connectivity index (χ1n) is 8.99. The van der Waals surface area contributed by atoms with Gasteiger partial charge in [-0.25, -0.2) is 9.89 Å². The lowest BCUT2D eigenvalue weighted by Gasteiger charge is -2.09. The summed E-state index contributed by atoms with van der Waals surface area (Å²) in [4.78, 5) is 36.8. The summed E-state index contributed by atoms with van der Waals surface area (Å²) in [5.74, 6) is 0.422. The smallest absolute Gasteiger partial charge is 0.342 e. The van der Waals surface area contributed by atoms with Crippen LogP contribution in [0.2, 0.25) is 0 Å². The average Bonchev–Trinajstić information content (AvgIpc) is 3.01. The zero-order chi connectivity index (χ0) is 19.4. The maximum Gasteiger partial charge on any atom is 0.342 e. The normalized spacial score (nSPS) is 11.2. The molecule has 2 heterocycles. The van der Waals surface area contributed by atoms with Crippen molar-refractivity contribution in [3.8, 4) is 0 Å². The standard InChI is InChI=1S/C19H23N5O3/c1-12(2)7-9-24-10-8-13-11-14(3-5-16(13)24)20-17(25)6-4-15-18(26)21-19(27)23-22-15/h3,5,8,10-12H,4,6-7,9H2,1-2H3,(H,20,25)(H2,21,23,26,27). The minimum absolute atomic E-state index is 0.0928. The number of nitrogens with one attached hydrogen (secondary N) is 3. The number of aromatic nitrogens is 4. The Morgan fingerprint density at radius 3 is 2.81 bits per heavy atom. The van der Waals surface area contributed by atoms with E-state index >= 15 is 0 Å². The monoisotopic (exact) mass is 369 g/mol. The molecule has 0 unspecified atom stereocenters. The highest BCUT2D eigenvalue weighted by Crippen LogP contribution is 2.21. The Bertz CT molecular complexity index is 1060. The molecule has 2 aromatic heterocycles. The van der Waals surface area contributed by atoms with Crippen LogP contribution in [-0.2, 0) is 17.8 Å². The molecule has 0 saturated heterocycles. The fourth-order valence-corrected chi connectivity index (χ4v) is 2.87. The molecule has 0 saturated carbocycles. The number of fused-ring (bicyclic) bond motifs is 1. The van der Waals surface area contributed by atoms with Gasteiger partial charge in [0.2, 0.25) is 5.91 Å². The van der Waals surface area contributed by atoms with Gasteiger partial charge in [0.25, 0.3) is 5.56 Å². The van der Waals surface area contributed by atoms with Crippen LogP contribution in [0.1, 0.15) is 32.4 Å². The van der Waals surface area contributed by atoms with Crippen molar-refractivity contribution in [2.45, 2.75) is 39.7 Å². The van der Waals surface area contributed by atoms with Crippen molar-refractivity contribution >= 4 is 22.5 Å². The molecular weight excluding hydrogens is 346 g/mol. The van der Waals surface area contributed by atoms with Gasteiger partial charge in [0, 0.05) is 42.2 Å². The number of anilines is 1. The Hall–Kier alpha value is -3.16. The van der Waals surface area contributed by atoms with Crippen molar-refractivity contribution in [2.75, 3.05) is 5.32 Å². The van der Waals surface area contributed by atoms with E-state index in [0.29, 0.717) is 11.6 Å². The molecule has 0 bridgehead atoms. The summed E-state index contributed by atoms with van der Waals surface area (Å²) in [5, 5.41) is 9.72. The van der Waals surface area contributed by atoms with Crippen molar-refractivity contribution < 1.29 is 4.79 Å². The number of hydrogen-bond donors (Lipinski definition) is 3. The Labute approximate surface area is 155 Å². The maximum absolute atomic E-state index is 12.2. The molecule has 1 aromatic carbocycles. The lowest BCUT2D eigenvalue weighted by molar-refractivity contribution is -0.116. The van der Waals surface area contributed by atoms with Gasteiger partial charge in [-0.1, -0.05) is 13.8 Å². The number of hydrogen-bond acceptors (Lipinski definition) is 4. The van der Waals surface area contributed by atoms with Crippen LogP contribution < -0.4 is 16.6 Å². The summed E-state index contributed by atoms with van der Waals surface area (Å²) < 4.78 is 2.22. The van der Waals surface area contributed by atoms with E-state index in [0.717, 1.165) is 23.9 Å². The fourth-order valence-electron chi connectivity index (χ4n) is 2.87. The molecule has 0 aliphatic heterocycles. The number of aryl methyl sites for hydroxylation is 2. The van der Waals surface area contributed by atoms with Gasteiger partial charge in [-0.05, 0) is 36.6 Å². The number of H-pyrrole nitrogens is 2. The number of amides is 1. The third kappa shape index (κ3) is 4.72. The summed E-state index contributed by atoms with van der Waals surface area (Å²) in [6.45, 7) is 5.37. The zero-order valence-electron chi connectivity index (χ0n) is 15.4. The molecule has 0 atom stereocenters. The van der Waals surface area contributed by atoms with Gasteiger partial charge in [-0.2, -0.15) is 5.10 Å². The van der Waals surface area contributed by atoms with E-state index in [2.05, 4.69) is 45.1 Å². The summed E-state index contributed by atoms with van der Waals surface area (Å²) in [6, 6.07) is 7.84. The number of rotatable bonds is 7. The number of nitrogens with zero attached hydrogens (tertiary/aromatic N) is 2. The first-order chi connectivity index (χ1) is 12.9. The number of carbonyl (C=O) groups is 1. The highest BCUT2D eigenvalue weighted by atomic mass is 16.2. The van der Waals surface area contributed by atoms with Crippen LogP contribution in [0.3, 0.4) is 0 Å². The molecule has 8 nitrogen and oxygen atoms in total. The third-order valence-corrected chi connectivity index (χ3v) is 4.37. The average molecular weight is 369 g/mol. The van der Waals surface area contributed by atoms with Crippen LogP contribution in [0.5, 0.6) is 0 Å². The summed E-state index contributed by atoms with van der Waals surface area (Å²) in [6.07, 6.45) is 3.41. The summed E-state index contributed by atoms with van der Waals surface area (Å²) >= 11 is 0. The van der Waals surface area contributed by atoms with Crippen molar-refractivity contribution in [1.82, 2.24) is 19.7 Å². The number of benzene rings is 1. The maximum atomic E-state index is 12.2. The molecule has 0 fully saturated rings. The fraction of sp³-hybridized carbons (Fsp3) is 0.368. The van der Waals surface area contributed by atoms with Crippen molar-refractivity contribution in [1.29, 1.82) is 0 Å². The van der Waals surface area contributed by atoms with Crippen LogP contribution in [-0.4, -0.2) is 25.7 Å². The molecule has 27 heavy (non-hydrogen) atoms. The largest absolute Gasteiger partial charge is 0.347 e. The predicted octanol–water partition coefficient (Wildman–Crippen LogP) is 2.03. The van der Waals surface area contributed by atoms with Crippen LogP contribution in [0.25, 0.3) is 10.9 Å². The summed E-state index contributed by atoms with van der Waals surface area (Å²) in [7, 11) is 0. The van der Waals surface area contributed by atoms with E-state index in [1.165, 1.54) is 0 Å². The van der Waals surface area contributed by atoms with E-state index in [1.54, 1.807) is 0 Å². The van der Waals surface area contributed by atoms with Gasteiger partial charge < -0.3 is 9.88 Å². The number of carbonyl (C=O) groups excluding carboxylic acids is 1. The van der Waals surface area contributed by atoms with E-state index < -0.39 is 11.2 Å². The Morgan fingerprint density at radius 2 is 2.07 bits per heavy atom. The highest BCUT2D eigenvalue weighted by Gasteiger charge is 2.09. The minimum atomic E-state index is -0.665. The van der Waals surface area contributed by atoms with E-state index in [1.807, 2.05) is 24.3 Å². The van der Waals surface area contributed by atoms with Crippen LogP contribution >= 0.6 is 0 Å². The molecule has 3 rings (SSSR count). The highest BCUT2D eigenvalue weighted by molar-refractivity contribution is 5.94. The molecule has 1 amide bonds. The van der Waals surface area contributed by atoms with Gasteiger partial charge in [0.1, 0.15) is 5.69 Å². The second-order valence-corrected chi connectivity index (χ2v) is 6.97. The second kappa shape index (κ2) is 8.03. The lowest BCUT2D eigenvalue weighted by Crippen LogP contribution is -2.28. The molecule has 3 N–H and O–H groups in total. The van der Waals surface area contributed by atoms with E-state index in [9.17, 15) is 14.4 Å². The molecule has 0 radical (unpaired) electrons. The molecule has 0 spiro atoms. The van der Waals surface area contributed by atoms with E-state index in [4.69, 9.17) is 0 Å². The molecule has 8 heteroatoms. The first-order valence-corrected chi connectivity index (χ1v) is 8.99. The Kier molecular flexibility index (Phi) is 5.54. The minimum Gasteiger partial charge on any atom is -0.347 e. The van der Waals surface area contributed by atoms with Crippen LogP contribution in [0.15, 0.2) is 40.1 Å². The van der Waals surface area contributed by atoms with Crippen LogP contribution in [0.4, 0.5) is 5.69 Å². The zero-order valence-corrected chi connectivity index (χ0v) is 15.4. The molecular formula is C19H23N5O3. The van der Waals surface area contributed by atoms with Crippen molar-refractivity contribution in [3.63, 3.8) is 0 Å². The SMILES string of the molecule is CC(C)CCn1ccc2cc(NC(=O)CCc3n[nH]c(=O)[nH]c3=O)ccc21. The Morgan fingerprint density at radius 1 is 1.26 bits per heavy atom. The van der Waals surface area contributed by atoms with Gasteiger partial charge in [-0.3, -0.25) is 14.6 Å². The quantitative estimate of drug-likeness (QED) is 0.591. The lowest BCUT2D eigenvalue weighted by atomic mass is 10.1.